The van der Waals surface area contributed by atoms with Crippen LogP contribution in [0.5, 0.6) is 0 Å². The van der Waals surface area contributed by atoms with Crippen molar-refractivity contribution in [1.29, 1.82) is 0 Å². The average Bonchev–Trinajstić information content (AvgIpc) is 2.93. The van der Waals surface area contributed by atoms with Crippen molar-refractivity contribution in [2.24, 2.45) is 12.8 Å². The molecule has 0 bridgehead atoms. The predicted octanol–water partition coefficient (Wildman–Crippen LogP) is 0.275. The predicted molar refractivity (Wildman–Crippen MR) is 78.6 cm³/mol. The van der Waals surface area contributed by atoms with Gasteiger partial charge in [0.1, 0.15) is 12.2 Å². The minimum Gasteiger partial charge on any atom is -0.385 e. The number of carbonyl (C=O) groups excluding carboxylic acids is 1. The molecule has 1 saturated heterocycles. The van der Waals surface area contributed by atoms with Gasteiger partial charge in [0.25, 0.3) is 0 Å². The van der Waals surface area contributed by atoms with Crippen molar-refractivity contribution in [2.45, 2.75) is 37.6 Å². The van der Waals surface area contributed by atoms with Crippen molar-refractivity contribution >= 4 is 5.91 Å². The van der Waals surface area contributed by atoms with Crippen LogP contribution < -0.4 is 5.73 Å². The molecule has 2 N–H and O–H groups in total. The number of hydrogen-bond donors (Lipinski definition) is 1. The summed E-state index contributed by atoms with van der Waals surface area (Å²) in [5.74, 6) is 1.24. The number of amides is 1. The first-order valence-corrected chi connectivity index (χ1v) is 7.50. The molecule has 1 aromatic rings. The van der Waals surface area contributed by atoms with Crippen LogP contribution in [0, 0.1) is 0 Å². The molecule has 1 aliphatic rings. The molecule has 0 spiro atoms. The Kier molecular flexibility index (Phi) is 5.69. The van der Waals surface area contributed by atoms with E-state index in [0.29, 0.717) is 19.6 Å². The Morgan fingerprint density at radius 1 is 1.62 bits per heavy atom. The Morgan fingerprint density at radius 2 is 2.43 bits per heavy atom. The van der Waals surface area contributed by atoms with Crippen molar-refractivity contribution in [1.82, 2.24) is 19.7 Å². The van der Waals surface area contributed by atoms with E-state index in [9.17, 15) is 4.79 Å². The van der Waals surface area contributed by atoms with Crippen molar-refractivity contribution in [2.75, 3.05) is 26.8 Å². The van der Waals surface area contributed by atoms with Crippen molar-refractivity contribution in [3.05, 3.63) is 12.2 Å². The summed E-state index contributed by atoms with van der Waals surface area (Å²) < 4.78 is 6.93. The van der Waals surface area contributed by atoms with Crippen LogP contribution in [0.15, 0.2) is 6.33 Å². The summed E-state index contributed by atoms with van der Waals surface area (Å²) in [6.45, 7) is 2.11. The van der Waals surface area contributed by atoms with Gasteiger partial charge in [-0.15, -0.1) is 10.2 Å². The highest BCUT2D eigenvalue weighted by Crippen LogP contribution is 2.25. The van der Waals surface area contributed by atoms with Crippen LogP contribution in [0.25, 0.3) is 0 Å². The molecule has 7 nitrogen and oxygen atoms in total. The third kappa shape index (κ3) is 4.01. The van der Waals surface area contributed by atoms with Crippen LogP contribution in [-0.2, 0) is 16.6 Å². The normalized spacial score (nSPS) is 20.5. The Bertz CT molecular complexity index is 462. The molecule has 21 heavy (non-hydrogen) atoms. The molecule has 0 aromatic carbocycles. The van der Waals surface area contributed by atoms with E-state index in [1.54, 1.807) is 13.4 Å². The molecule has 1 aliphatic heterocycles. The average molecular weight is 295 g/mol. The van der Waals surface area contributed by atoms with Crippen LogP contribution in [0.2, 0.25) is 0 Å². The van der Waals surface area contributed by atoms with Gasteiger partial charge >= 0.3 is 0 Å². The smallest absolute Gasteiger partial charge is 0.239 e. The number of rotatable bonds is 6. The first-order chi connectivity index (χ1) is 10.1. The van der Waals surface area contributed by atoms with Gasteiger partial charge in [-0.2, -0.15) is 0 Å². The number of aryl methyl sites for hydroxylation is 1. The lowest BCUT2D eigenvalue weighted by atomic mass is 9.96. The summed E-state index contributed by atoms with van der Waals surface area (Å²) in [5, 5.41) is 8.09. The van der Waals surface area contributed by atoms with Crippen LogP contribution in [-0.4, -0.2) is 58.4 Å². The molecule has 2 atom stereocenters. The molecule has 7 heteroatoms. The molecule has 118 valence electrons. The lowest BCUT2D eigenvalue weighted by molar-refractivity contribution is -0.134. The van der Waals surface area contributed by atoms with Crippen LogP contribution in [0.1, 0.15) is 37.4 Å². The molecule has 1 fully saturated rings. The zero-order chi connectivity index (χ0) is 15.2. The van der Waals surface area contributed by atoms with Crippen molar-refractivity contribution < 1.29 is 9.53 Å². The molecule has 1 amide bonds. The van der Waals surface area contributed by atoms with E-state index < -0.39 is 6.04 Å². The first-order valence-electron chi connectivity index (χ1n) is 7.50. The number of piperidine rings is 1. The van der Waals surface area contributed by atoms with Gasteiger partial charge in [-0.25, -0.2) is 0 Å². The van der Waals surface area contributed by atoms with Gasteiger partial charge in [0.05, 0.1) is 6.04 Å². The maximum atomic E-state index is 12.4. The third-order valence-electron chi connectivity index (χ3n) is 4.03. The van der Waals surface area contributed by atoms with E-state index in [4.69, 9.17) is 10.5 Å². The molecule has 1 aromatic heterocycles. The zero-order valence-corrected chi connectivity index (χ0v) is 12.9. The van der Waals surface area contributed by atoms with Gasteiger partial charge in [-0.05, 0) is 25.7 Å². The number of nitrogens with zero attached hydrogens (tertiary/aromatic N) is 4. The fourth-order valence-corrected chi connectivity index (χ4v) is 2.86. The summed E-state index contributed by atoms with van der Waals surface area (Å²) in [5.41, 5.74) is 6.00. The Hall–Kier alpha value is -1.47. The van der Waals surface area contributed by atoms with Gasteiger partial charge in [0, 0.05) is 39.8 Å². The van der Waals surface area contributed by atoms with Gasteiger partial charge < -0.3 is 19.9 Å². The topological polar surface area (TPSA) is 86.3 Å². The zero-order valence-electron chi connectivity index (χ0n) is 12.9. The van der Waals surface area contributed by atoms with E-state index in [2.05, 4.69) is 10.2 Å². The Morgan fingerprint density at radius 3 is 3.10 bits per heavy atom. The summed E-state index contributed by atoms with van der Waals surface area (Å²) >= 11 is 0. The number of methoxy groups -OCH3 is 1. The molecule has 0 radical (unpaired) electrons. The lowest BCUT2D eigenvalue weighted by Gasteiger charge is -2.33. The van der Waals surface area contributed by atoms with Gasteiger partial charge in [0.2, 0.25) is 5.91 Å². The Balaban J connectivity index is 1.91. The molecule has 0 aliphatic carbocycles. The quantitative estimate of drug-likeness (QED) is 0.762. The number of hydrogen-bond acceptors (Lipinski definition) is 5. The second kappa shape index (κ2) is 7.51. The monoisotopic (exact) mass is 295 g/mol. The number of ether oxygens (including phenoxy) is 1. The number of aromatic nitrogens is 3. The van der Waals surface area contributed by atoms with Gasteiger partial charge in [0.15, 0.2) is 0 Å². The van der Waals surface area contributed by atoms with E-state index in [1.165, 1.54) is 0 Å². The second-order valence-corrected chi connectivity index (χ2v) is 5.66. The number of carbonyl (C=O) groups is 1. The highest BCUT2D eigenvalue weighted by Gasteiger charge is 2.29. The molecular formula is C14H25N5O2. The standard InChI is InChI=1S/C14H25N5O2/c1-18-10-16-17-13(18)11-5-3-7-19(9-11)14(20)12(15)6-4-8-21-2/h10-12H,3-9,15H2,1-2H3. The fraction of sp³-hybridized carbons (Fsp3) is 0.786. The lowest BCUT2D eigenvalue weighted by Crippen LogP contribution is -2.47. The molecule has 2 rings (SSSR count). The Labute approximate surface area is 125 Å². The maximum Gasteiger partial charge on any atom is 0.239 e. The highest BCUT2D eigenvalue weighted by molar-refractivity contribution is 5.81. The minimum atomic E-state index is -0.432. The number of likely N-dealkylation sites (tertiary alicyclic amines) is 1. The third-order valence-corrected chi connectivity index (χ3v) is 4.03. The second-order valence-electron chi connectivity index (χ2n) is 5.66. The van der Waals surface area contributed by atoms with E-state index in [0.717, 1.165) is 31.6 Å². The van der Waals surface area contributed by atoms with Crippen LogP contribution in [0.3, 0.4) is 0 Å². The molecule has 2 unspecified atom stereocenters. The maximum absolute atomic E-state index is 12.4. The fourth-order valence-electron chi connectivity index (χ4n) is 2.86. The molecule has 2 heterocycles. The SMILES string of the molecule is COCCCC(N)C(=O)N1CCCC(c2nncn2C)C1. The molecular weight excluding hydrogens is 270 g/mol. The summed E-state index contributed by atoms with van der Waals surface area (Å²) in [6, 6.07) is -0.432. The van der Waals surface area contributed by atoms with Gasteiger partial charge in [-0.3, -0.25) is 4.79 Å². The summed E-state index contributed by atoms with van der Waals surface area (Å²) in [6.07, 6.45) is 5.19. The van der Waals surface area contributed by atoms with E-state index in [1.807, 2.05) is 16.5 Å². The minimum absolute atomic E-state index is 0.0398. The highest BCUT2D eigenvalue weighted by atomic mass is 16.5. The summed E-state index contributed by atoms with van der Waals surface area (Å²) in [4.78, 5) is 14.3. The number of nitrogens with two attached hydrogens (primary N) is 1. The molecule has 0 saturated carbocycles. The van der Waals surface area contributed by atoms with Gasteiger partial charge in [-0.1, -0.05) is 0 Å². The largest absolute Gasteiger partial charge is 0.385 e. The van der Waals surface area contributed by atoms with Crippen LogP contribution in [0.4, 0.5) is 0 Å². The first kappa shape index (κ1) is 15.9. The summed E-state index contributed by atoms with van der Waals surface area (Å²) in [7, 11) is 3.59. The van der Waals surface area contributed by atoms with E-state index in [-0.39, 0.29) is 11.8 Å². The van der Waals surface area contributed by atoms with Crippen molar-refractivity contribution in [3.63, 3.8) is 0 Å². The van der Waals surface area contributed by atoms with Crippen LogP contribution >= 0.6 is 0 Å². The van der Waals surface area contributed by atoms with Crippen molar-refractivity contribution in [3.8, 4) is 0 Å². The van der Waals surface area contributed by atoms with E-state index >= 15 is 0 Å².